The van der Waals surface area contributed by atoms with E-state index >= 15 is 0 Å². The first-order valence-corrected chi connectivity index (χ1v) is 11.6. The van der Waals surface area contributed by atoms with Gasteiger partial charge < -0.3 is 9.88 Å². The van der Waals surface area contributed by atoms with Gasteiger partial charge in [0.25, 0.3) is 0 Å². The first-order chi connectivity index (χ1) is 15.0. The number of halogens is 2. The van der Waals surface area contributed by atoms with E-state index in [0.29, 0.717) is 29.9 Å². The number of imidazole rings is 1. The van der Waals surface area contributed by atoms with Crippen LogP contribution in [0.1, 0.15) is 37.7 Å². The Kier molecular flexibility index (Phi) is 6.94. The number of carbonyl (C=O) groups excluding carboxylic acids is 1. The van der Waals surface area contributed by atoms with Gasteiger partial charge in [-0.15, -0.1) is 0 Å². The summed E-state index contributed by atoms with van der Waals surface area (Å²) in [4.78, 5) is 17.1. The molecule has 1 amide bonds. The van der Waals surface area contributed by atoms with Crippen molar-refractivity contribution in [3.05, 3.63) is 59.4 Å². The number of nitrogens with zero attached hydrogens (tertiary/aromatic N) is 3. The second-order valence-corrected chi connectivity index (χ2v) is 9.82. The lowest BCUT2D eigenvalue weighted by Gasteiger charge is -2.14. The average Bonchev–Trinajstić information content (AvgIpc) is 3.10. The van der Waals surface area contributed by atoms with Gasteiger partial charge >= 0.3 is 0 Å². The smallest absolute Gasteiger partial charge is 0.242 e. The molecule has 0 saturated heterocycles. The molecule has 7 nitrogen and oxygen atoms in total. The van der Waals surface area contributed by atoms with Crippen molar-refractivity contribution in [3.63, 3.8) is 0 Å². The summed E-state index contributed by atoms with van der Waals surface area (Å²) in [5, 5.41) is 2.78. The van der Waals surface area contributed by atoms with Crippen molar-refractivity contribution in [2.45, 2.75) is 44.2 Å². The molecular weight excluding hydrogens is 438 g/mol. The van der Waals surface area contributed by atoms with Gasteiger partial charge in [-0.3, -0.25) is 4.79 Å². The largest absolute Gasteiger partial charge is 0.350 e. The molecule has 3 rings (SSSR count). The van der Waals surface area contributed by atoms with Crippen molar-refractivity contribution in [1.29, 1.82) is 0 Å². The summed E-state index contributed by atoms with van der Waals surface area (Å²) in [6.07, 6.45) is 0.481. The molecule has 1 N–H and O–H groups in total. The summed E-state index contributed by atoms with van der Waals surface area (Å²) in [6.45, 7) is 4.25. The molecule has 10 heteroatoms. The highest BCUT2D eigenvalue weighted by Crippen LogP contribution is 2.23. The number of fused-ring (bicyclic) bond motifs is 1. The number of hydrogen-bond donors (Lipinski definition) is 1. The van der Waals surface area contributed by atoms with Crippen LogP contribution < -0.4 is 5.32 Å². The SMILES string of the molecule is CCn1c(CCC(=O)NC(C)c2ccc(F)c(F)c2)nc2cc(S(=O)(=O)N(C)C)ccc21. The minimum absolute atomic E-state index is 0.139. The highest BCUT2D eigenvalue weighted by Gasteiger charge is 2.20. The third-order valence-corrected chi connectivity index (χ3v) is 7.10. The van der Waals surface area contributed by atoms with E-state index in [1.807, 2.05) is 11.5 Å². The number of hydrogen-bond acceptors (Lipinski definition) is 4. The van der Waals surface area contributed by atoms with Gasteiger partial charge in [-0.25, -0.2) is 26.5 Å². The molecule has 0 bridgehead atoms. The van der Waals surface area contributed by atoms with Crippen LogP contribution in [0.25, 0.3) is 11.0 Å². The zero-order chi connectivity index (χ0) is 23.6. The van der Waals surface area contributed by atoms with Crippen LogP contribution in [0.4, 0.5) is 8.78 Å². The van der Waals surface area contributed by atoms with Gasteiger partial charge in [-0.05, 0) is 49.7 Å². The number of sulfonamides is 1. The maximum absolute atomic E-state index is 13.4. The van der Waals surface area contributed by atoms with Crippen molar-refractivity contribution in [1.82, 2.24) is 19.2 Å². The molecule has 0 radical (unpaired) electrons. The molecule has 172 valence electrons. The predicted molar refractivity (Wildman–Crippen MR) is 118 cm³/mol. The molecule has 1 unspecified atom stereocenters. The standard InChI is InChI=1S/C22H26F2N4O3S/c1-5-28-20-9-7-16(32(30,31)27(3)4)13-19(20)26-21(28)10-11-22(29)25-14(2)15-6-8-17(23)18(24)12-15/h6-9,12-14H,5,10-11H2,1-4H3,(H,25,29). The summed E-state index contributed by atoms with van der Waals surface area (Å²) in [6, 6.07) is 7.84. The van der Waals surface area contributed by atoms with Gasteiger partial charge in [0.1, 0.15) is 5.82 Å². The minimum atomic E-state index is -3.58. The first-order valence-electron chi connectivity index (χ1n) is 10.2. The van der Waals surface area contributed by atoms with Gasteiger partial charge in [-0.2, -0.15) is 0 Å². The highest BCUT2D eigenvalue weighted by atomic mass is 32.2. The van der Waals surface area contributed by atoms with Gasteiger partial charge in [0.05, 0.1) is 22.0 Å². The first kappa shape index (κ1) is 23.8. The topological polar surface area (TPSA) is 84.3 Å². The van der Waals surface area contributed by atoms with Crippen LogP contribution in [0.5, 0.6) is 0 Å². The third kappa shape index (κ3) is 4.81. The van der Waals surface area contributed by atoms with E-state index < -0.39 is 27.7 Å². The summed E-state index contributed by atoms with van der Waals surface area (Å²) in [5.74, 6) is -1.49. The molecule has 1 aromatic heterocycles. The van der Waals surface area contributed by atoms with E-state index in [-0.39, 0.29) is 17.2 Å². The summed E-state index contributed by atoms with van der Waals surface area (Å²) < 4.78 is 54.4. The Morgan fingerprint density at radius 2 is 1.88 bits per heavy atom. The van der Waals surface area contributed by atoms with Crippen LogP contribution >= 0.6 is 0 Å². The fourth-order valence-electron chi connectivity index (χ4n) is 3.48. The van der Waals surface area contributed by atoms with E-state index in [1.54, 1.807) is 19.1 Å². The van der Waals surface area contributed by atoms with E-state index in [2.05, 4.69) is 10.3 Å². The molecule has 0 fully saturated rings. The predicted octanol–water partition coefficient (Wildman–Crippen LogP) is 3.39. The normalized spacial score (nSPS) is 13.0. The lowest BCUT2D eigenvalue weighted by molar-refractivity contribution is -0.121. The molecule has 0 aliphatic carbocycles. The van der Waals surface area contributed by atoms with Crippen LogP contribution in [0.2, 0.25) is 0 Å². The molecule has 0 aliphatic heterocycles. The van der Waals surface area contributed by atoms with Crippen LogP contribution in [0, 0.1) is 11.6 Å². The quantitative estimate of drug-likeness (QED) is 0.554. The van der Waals surface area contributed by atoms with Crippen molar-refractivity contribution in [2.75, 3.05) is 14.1 Å². The van der Waals surface area contributed by atoms with Crippen molar-refractivity contribution >= 4 is 27.0 Å². The molecule has 2 aromatic carbocycles. The second-order valence-electron chi connectivity index (χ2n) is 7.67. The lowest BCUT2D eigenvalue weighted by atomic mass is 10.1. The van der Waals surface area contributed by atoms with E-state index in [4.69, 9.17) is 0 Å². The van der Waals surface area contributed by atoms with Crippen molar-refractivity contribution in [3.8, 4) is 0 Å². The number of benzene rings is 2. The number of carbonyl (C=O) groups is 1. The maximum atomic E-state index is 13.4. The molecule has 0 saturated carbocycles. The highest BCUT2D eigenvalue weighted by molar-refractivity contribution is 7.89. The number of aryl methyl sites for hydroxylation is 2. The van der Waals surface area contributed by atoms with E-state index in [1.165, 1.54) is 26.2 Å². The zero-order valence-electron chi connectivity index (χ0n) is 18.4. The van der Waals surface area contributed by atoms with Crippen LogP contribution in [-0.2, 0) is 27.8 Å². The molecule has 32 heavy (non-hydrogen) atoms. The monoisotopic (exact) mass is 464 g/mol. The minimum Gasteiger partial charge on any atom is -0.350 e. The van der Waals surface area contributed by atoms with Crippen molar-refractivity contribution in [2.24, 2.45) is 0 Å². The Morgan fingerprint density at radius 1 is 1.16 bits per heavy atom. The van der Waals surface area contributed by atoms with Gasteiger partial charge in [0.2, 0.25) is 15.9 Å². The van der Waals surface area contributed by atoms with Crippen LogP contribution in [-0.4, -0.2) is 42.3 Å². The summed E-state index contributed by atoms with van der Waals surface area (Å²) in [7, 11) is -0.645. The Balaban J connectivity index is 1.75. The van der Waals surface area contributed by atoms with Crippen molar-refractivity contribution < 1.29 is 22.0 Å². The maximum Gasteiger partial charge on any atom is 0.242 e. The Hall–Kier alpha value is -2.85. The zero-order valence-corrected chi connectivity index (χ0v) is 19.2. The molecular formula is C22H26F2N4O3S. The second kappa shape index (κ2) is 9.33. The Morgan fingerprint density at radius 3 is 2.50 bits per heavy atom. The number of aromatic nitrogens is 2. The summed E-state index contributed by atoms with van der Waals surface area (Å²) >= 11 is 0. The number of nitrogens with one attached hydrogen (secondary N) is 1. The molecule has 1 atom stereocenters. The Bertz CT molecular complexity index is 1260. The molecule has 0 aliphatic rings. The van der Waals surface area contributed by atoms with Crippen LogP contribution in [0.15, 0.2) is 41.3 Å². The fraction of sp³-hybridized carbons (Fsp3) is 0.364. The molecule has 3 aromatic rings. The number of amides is 1. The molecule has 1 heterocycles. The third-order valence-electron chi connectivity index (χ3n) is 5.29. The van der Waals surface area contributed by atoms with E-state index in [9.17, 15) is 22.0 Å². The fourth-order valence-corrected chi connectivity index (χ4v) is 4.40. The van der Waals surface area contributed by atoms with E-state index in [0.717, 1.165) is 22.0 Å². The Labute approximate surface area is 186 Å². The van der Waals surface area contributed by atoms with Gasteiger partial charge in [-0.1, -0.05) is 6.07 Å². The lowest BCUT2D eigenvalue weighted by Crippen LogP contribution is -2.27. The summed E-state index contributed by atoms with van der Waals surface area (Å²) in [5.41, 5.74) is 1.80. The molecule has 0 spiro atoms. The number of rotatable bonds is 8. The van der Waals surface area contributed by atoms with Gasteiger partial charge in [0.15, 0.2) is 11.6 Å². The average molecular weight is 465 g/mol. The van der Waals surface area contributed by atoms with Gasteiger partial charge in [0, 0.05) is 33.5 Å². The van der Waals surface area contributed by atoms with Crippen LogP contribution in [0.3, 0.4) is 0 Å².